The third kappa shape index (κ3) is 23.2. The fraction of sp³-hybridized carbons (Fsp3) is 0.947. The van der Waals surface area contributed by atoms with Gasteiger partial charge in [0, 0.05) is 13.5 Å². The Morgan fingerprint density at radius 3 is 1.18 bits per heavy atom. The van der Waals surface area contributed by atoms with E-state index in [-0.39, 0.29) is 12.6 Å². The topological polar surface area (TPSA) is 90.9 Å². The van der Waals surface area contributed by atoms with E-state index in [9.17, 15) is 4.79 Å². The summed E-state index contributed by atoms with van der Waals surface area (Å²) in [5.74, 6) is -0.181. The van der Waals surface area contributed by atoms with Crippen LogP contribution in [0.1, 0.15) is 19.8 Å². The van der Waals surface area contributed by atoms with E-state index in [4.69, 9.17) is 37.9 Å². The molecule has 0 saturated carbocycles. The molecule has 0 aliphatic heterocycles. The van der Waals surface area contributed by atoms with Gasteiger partial charge < -0.3 is 37.9 Å². The summed E-state index contributed by atoms with van der Waals surface area (Å²) in [5.41, 5.74) is 0. The molecule has 0 heterocycles. The van der Waals surface area contributed by atoms with Gasteiger partial charge in [0.05, 0.1) is 85.9 Å². The molecule has 9 nitrogen and oxygen atoms in total. The zero-order valence-corrected chi connectivity index (χ0v) is 17.5. The van der Waals surface area contributed by atoms with E-state index in [0.29, 0.717) is 92.3 Å². The first-order chi connectivity index (χ1) is 13.8. The Morgan fingerprint density at radius 2 is 0.857 bits per heavy atom. The van der Waals surface area contributed by atoms with E-state index in [1.807, 2.05) is 6.92 Å². The molecule has 0 fully saturated rings. The standard InChI is InChI=1S/C19H38O9/c1-3-4-19(20)28-18-17-27-16-15-26-14-13-25-12-11-24-10-9-23-8-7-22-6-5-21-2/h3-18H2,1-2H3. The molecule has 0 rings (SSSR count). The zero-order valence-electron chi connectivity index (χ0n) is 17.5. The highest BCUT2D eigenvalue weighted by Gasteiger charge is 1.99. The first kappa shape index (κ1) is 27.2. The molecule has 9 heteroatoms. The fourth-order valence-corrected chi connectivity index (χ4v) is 1.83. The van der Waals surface area contributed by atoms with Gasteiger partial charge in [-0.1, -0.05) is 6.92 Å². The summed E-state index contributed by atoms with van der Waals surface area (Å²) in [6.45, 7) is 8.96. The lowest BCUT2D eigenvalue weighted by Crippen LogP contribution is -2.15. The van der Waals surface area contributed by atoms with Crippen LogP contribution in [0.4, 0.5) is 0 Å². The normalized spacial score (nSPS) is 11.1. The number of hydrogen-bond donors (Lipinski definition) is 0. The Hall–Kier alpha value is -0.810. The average Bonchev–Trinajstić information content (AvgIpc) is 2.69. The number of rotatable bonds is 23. The van der Waals surface area contributed by atoms with Gasteiger partial charge in [0.1, 0.15) is 6.61 Å². The van der Waals surface area contributed by atoms with Crippen molar-refractivity contribution in [3.05, 3.63) is 0 Å². The van der Waals surface area contributed by atoms with E-state index in [0.717, 1.165) is 6.42 Å². The van der Waals surface area contributed by atoms with Crippen LogP contribution in [0.5, 0.6) is 0 Å². The third-order valence-electron chi connectivity index (χ3n) is 3.24. The SMILES string of the molecule is CCCC(=O)OCCOCCOCCOCCOCCOCCOCCOC. The van der Waals surface area contributed by atoms with Crippen LogP contribution in [0.25, 0.3) is 0 Å². The van der Waals surface area contributed by atoms with Crippen molar-refractivity contribution >= 4 is 5.97 Å². The lowest BCUT2D eigenvalue weighted by Gasteiger charge is -2.08. The Kier molecular flexibility index (Phi) is 23.5. The summed E-state index contributed by atoms with van der Waals surface area (Å²) in [4.78, 5) is 11.1. The van der Waals surface area contributed by atoms with Crippen molar-refractivity contribution in [3.63, 3.8) is 0 Å². The van der Waals surface area contributed by atoms with Gasteiger partial charge in [-0.25, -0.2) is 0 Å². The van der Waals surface area contributed by atoms with Gasteiger partial charge >= 0.3 is 5.97 Å². The first-order valence-corrected chi connectivity index (χ1v) is 9.92. The Bertz CT molecular complexity index is 316. The number of esters is 1. The first-order valence-electron chi connectivity index (χ1n) is 9.92. The summed E-state index contributed by atoms with van der Waals surface area (Å²) in [6, 6.07) is 0. The lowest BCUT2D eigenvalue weighted by molar-refractivity contribution is -0.145. The van der Waals surface area contributed by atoms with Gasteiger partial charge in [0.15, 0.2) is 0 Å². The molecule has 0 unspecified atom stereocenters. The van der Waals surface area contributed by atoms with Crippen molar-refractivity contribution in [3.8, 4) is 0 Å². The van der Waals surface area contributed by atoms with Gasteiger partial charge in [-0.2, -0.15) is 0 Å². The smallest absolute Gasteiger partial charge is 0.305 e. The molecular formula is C19H38O9. The molecule has 28 heavy (non-hydrogen) atoms. The molecule has 0 aliphatic rings. The number of carbonyl (C=O) groups is 1. The van der Waals surface area contributed by atoms with E-state index in [2.05, 4.69) is 0 Å². The molecule has 0 saturated heterocycles. The maximum Gasteiger partial charge on any atom is 0.305 e. The highest BCUT2D eigenvalue weighted by Crippen LogP contribution is 1.91. The van der Waals surface area contributed by atoms with Crippen LogP contribution in [0.3, 0.4) is 0 Å². The molecule has 0 amide bonds. The molecule has 0 spiro atoms. The predicted molar refractivity (Wildman–Crippen MR) is 103 cm³/mol. The number of methoxy groups -OCH3 is 1. The minimum Gasteiger partial charge on any atom is -0.463 e. The van der Waals surface area contributed by atoms with Crippen LogP contribution in [0.2, 0.25) is 0 Å². The zero-order chi connectivity index (χ0) is 20.5. The monoisotopic (exact) mass is 410 g/mol. The summed E-state index contributed by atoms with van der Waals surface area (Å²) in [7, 11) is 1.64. The Morgan fingerprint density at radius 1 is 0.536 bits per heavy atom. The minimum absolute atomic E-state index is 0.181. The van der Waals surface area contributed by atoms with E-state index in [1.165, 1.54) is 0 Å². The largest absolute Gasteiger partial charge is 0.463 e. The predicted octanol–water partition coefficient (Wildman–Crippen LogP) is 1.08. The van der Waals surface area contributed by atoms with Crippen molar-refractivity contribution in [2.75, 3.05) is 99.6 Å². The molecule has 0 radical (unpaired) electrons. The lowest BCUT2D eigenvalue weighted by atomic mass is 10.3. The summed E-state index contributed by atoms with van der Waals surface area (Å²) >= 11 is 0. The molecular weight excluding hydrogens is 372 g/mol. The molecule has 0 atom stereocenters. The van der Waals surface area contributed by atoms with Crippen molar-refractivity contribution in [2.45, 2.75) is 19.8 Å². The van der Waals surface area contributed by atoms with Crippen LogP contribution >= 0.6 is 0 Å². The summed E-state index contributed by atoms with van der Waals surface area (Å²) in [5, 5.41) is 0. The van der Waals surface area contributed by atoms with Crippen molar-refractivity contribution in [1.82, 2.24) is 0 Å². The summed E-state index contributed by atoms with van der Waals surface area (Å²) in [6.07, 6.45) is 1.25. The van der Waals surface area contributed by atoms with Crippen LogP contribution in [0.15, 0.2) is 0 Å². The minimum atomic E-state index is -0.181. The Balaban J connectivity index is 3.02. The summed E-state index contributed by atoms with van der Waals surface area (Å²) < 4.78 is 41.9. The van der Waals surface area contributed by atoms with E-state index < -0.39 is 0 Å². The maximum absolute atomic E-state index is 11.1. The van der Waals surface area contributed by atoms with Crippen LogP contribution < -0.4 is 0 Å². The van der Waals surface area contributed by atoms with Gasteiger partial charge in [-0.05, 0) is 6.42 Å². The van der Waals surface area contributed by atoms with E-state index >= 15 is 0 Å². The third-order valence-corrected chi connectivity index (χ3v) is 3.24. The quantitative estimate of drug-likeness (QED) is 0.181. The van der Waals surface area contributed by atoms with Crippen LogP contribution in [-0.4, -0.2) is 106 Å². The second kappa shape index (κ2) is 24.2. The maximum atomic E-state index is 11.1. The van der Waals surface area contributed by atoms with Gasteiger partial charge in [0.2, 0.25) is 0 Å². The Labute approximate surface area is 168 Å². The molecule has 0 aromatic rings. The van der Waals surface area contributed by atoms with Crippen molar-refractivity contribution in [2.24, 2.45) is 0 Å². The molecule has 0 aromatic heterocycles. The average molecular weight is 411 g/mol. The van der Waals surface area contributed by atoms with E-state index in [1.54, 1.807) is 7.11 Å². The number of ether oxygens (including phenoxy) is 8. The van der Waals surface area contributed by atoms with Crippen LogP contribution in [0, 0.1) is 0 Å². The van der Waals surface area contributed by atoms with Gasteiger partial charge in [-0.3, -0.25) is 4.79 Å². The molecule has 0 N–H and O–H groups in total. The van der Waals surface area contributed by atoms with Crippen molar-refractivity contribution < 1.29 is 42.7 Å². The van der Waals surface area contributed by atoms with Crippen molar-refractivity contribution in [1.29, 1.82) is 0 Å². The fourth-order valence-electron chi connectivity index (χ4n) is 1.83. The number of carbonyl (C=O) groups excluding carboxylic acids is 1. The molecule has 0 aliphatic carbocycles. The van der Waals surface area contributed by atoms with Crippen LogP contribution in [-0.2, 0) is 42.7 Å². The molecule has 168 valence electrons. The number of hydrogen-bond acceptors (Lipinski definition) is 9. The second-order valence-electron chi connectivity index (χ2n) is 5.64. The highest BCUT2D eigenvalue weighted by atomic mass is 16.6. The molecule has 0 aromatic carbocycles. The highest BCUT2D eigenvalue weighted by molar-refractivity contribution is 5.69. The molecule has 0 bridgehead atoms. The van der Waals surface area contributed by atoms with Gasteiger partial charge in [-0.15, -0.1) is 0 Å². The van der Waals surface area contributed by atoms with Gasteiger partial charge in [0.25, 0.3) is 0 Å². The second-order valence-corrected chi connectivity index (χ2v) is 5.64.